The van der Waals surface area contributed by atoms with E-state index in [-0.39, 0.29) is 4.90 Å². The van der Waals surface area contributed by atoms with Gasteiger partial charge in [-0.3, -0.25) is 14.6 Å². The Morgan fingerprint density at radius 2 is 1.87 bits per heavy atom. The number of nitrogens with zero attached hydrogens (tertiary/aromatic N) is 1. The molecule has 0 radical (unpaired) electrons. The highest BCUT2D eigenvalue weighted by Crippen LogP contribution is 2.27. The SMILES string of the molecule is Cc1cc(OCCCc2c(C(=O)NCC(=O)N[S+](=O)(O)c3cccnc3)[nH]c3ccccc23)cc(C)c1Cl. The first-order valence-electron chi connectivity index (χ1n) is 11.9. The summed E-state index contributed by atoms with van der Waals surface area (Å²) in [6, 6.07) is 14.2. The molecule has 0 bridgehead atoms. The van der Waals surface area contributed by atoms with E-state index >= 15 is 0 Å². The lowest BCUT2D eigenvalue weighted by Gasteiger charge is -2.11. The van der Waals surface area contributed by atoms with E-state index < -0.39 is 28.8 Å². The number of ether oxygens (including phenoxy) is 1. The maximum absolute atomic E-state index is 13.0. The smallest absolute Gasteiger partial charge is 0.350 e. The van der Waals surface area contributed by atoms with E-state index in [2.05, 4.69) is 15.3 Å². The predicted octanol–water partition coefficient (Wildman–Crippen LogP) is 4.64. The number of amides is 2. The lowest BCUT2D eigenvalue weighted by molar-refractivity contribution is -0.118. The third-order valence-electron chi connectivity index (χ3n) is 5.91. The molecule has 0 aliphatic carbocycles. The summed E-state index contributed by atoms with van der Waals surface area (Å²) in [5.74, 6) is -0.574. The summed E-state index contributed by atoms with van der Waals surface area (Å²) >= 11 is 6.23. The van der Waals surface area contributed by atoms with Crippen molar-refractivity contribution in [1.82, 2.24) is 20.0 Å². The second-order valence-electron chi connectivity index (χ2n) is 8.77. The molecule has 11 heteroatoms. The summed E-state index contributed by atoms with van der Waals surface area (Å²) in [5, 5.41) is 4.15. The van der Waals surface area contributed by atoms with E-state index in [0.29, 0.717) is 25.1 Å². The Hall–Kier alpha value is -3.73. The number of H-pyrrole nitrogens is 1. The second kappa shape index (κ2) is 11.8. The molecule has 198 valence electrons. The number of halogens is 1. The number of carbonyl (C=O) groups excluding carboxylic acids is 2. The molecular formula is C27H28ClN4O5S+. The molecule has 4 aromatic rings. The van der Waals surface area contributed by atoms with Crippen molar-refractivity contribution in [3.8, 4) is 5.75 Å². The van der Waals surface area contributed by atoms with Crippen LogP contribution in [0.25, 0.3) is 10.9 Å². The van der Waals surface area contributed by atoms with E-state index in [0.717, 1.165) is 38.4 Å². The van der Waals surface area contributed by atoms with E-state index in [4.69, 9.17) is 16.3 Å². The molecule has 2 heterocycles. The molecule has 0 aliphatic rings. The van der Waals surface area contributed by atoms with Gasteiger partial charge in [0.25, 0.3) is 11.8 Å². The molecule has 1 unspecified atom stereocenters. The van der Waals surface area contributed by atoms with Gasteiger partial charge in [0.1, 0.15) is 18.0 Å². The number of aryl methyl sites for hydroxylation is 3. The summed E-state index contributed by atoms with van der Waals surface area (Å²) < 4.78 is 30.5. The van der Waals surface area contributed by atoms with Gasteiger partial charge in [-0.2, -0.15) is 4.55 Å². The number of pyridine rings is 1. The monoisotopic (exact) mass is 555 g/mol. The minimum Gasteiger partial charge on any atom is -0.494 e. The van der Waals surface area contributed by atoms with Gasteiger partial charge >= 0.3 is 10.4 Å². The first kappa shape index (κ1) is 27.3. The minimum atomic E-state index is -3.84. The van der Waals surface area contributed by atoms with Crippen molar-refractivity contribution in [3.05, 3.63) is 88.3 Å². The van der Waals surface area contributed by atoms with Crippen molar-refractivity contribution in [2.24, 2.45) is 0 Å². The highest BCUT2D eigenvalue weighted by Gasteiger charge is 2.32. The van der Waals surface area contributed by atoms with Crippen molar-refractivity contribution in [3.63, 3.8) is 0 Å². The first-order valence-corrected chi connectivity index (χ1v) is 13.8. The Morgan fingerprint density at radius 1 is 1.13 bits per heavy atom. The van der Waals surface area contributed by atoms with Crippen LogP contribution in [0.1, 0.15) is 33.6 Å². The molecule has 0 fully saturated rings. The van der Waals surface area contributed by atoms with Crippen LogP contribution in [0.4, 0.5) is 0 Å². The lowest BCUT2D eigenvalue weighted by atomic mass is 10.1. The van der Waals surface area contributed by atoms with Crippen molar-refractivity contribution >= 4 is 44.7 Å². The van der Waals surface area contributed by atoms with Gasteiger partial charge < -0.3 is 15.0 Å². The lowest BCUT2D eigenvalue weighted by Crippen LogP contribution is -2.42. The number of aromatic nitrogens is 2. The summed E-state index contributed by atoms with van der Waals surface area (Å²) in [6.07, 6.45) is 3.83. The van der Waals surface area contributed by atoms with E-state index in [1.54, 1.807) is 0 Å². The molecule has 2 amide bonds. The summed E-state index contributed by atoms with van der Waals surface area (Å²) in [4.78, 5) is 32.2. The number of hydrogen-bond donors (Lipinski definition) is 4. The average Bonchev–Trinajstić information content (AvgIpc) is 3.27. The van der Waals surface area contributed by atoms with Crippen LogP contribution in [0.3, 0.4) is 0 Å². The first-order chi connectivity index (χ1) is 18.2. The number of hydrogen-bond acceptors (Lipinski definition) is 5. The van der Waals surface area contributed by atoms with Crippen LogP contribution in [0.5, 0.6) is 5.75 Å². The van der Waals surface area contributed by atoms with Gasteiger partial charge in [-0.15, -0.1) is 4.72 Å². The van der Waals surface area contributed by atoms with E-state index in [1.807, 2.05) is 55.0 Å². The van der Waals surface area contributed by atoms with Crippen molar-refractivity contribution < 1.29 is 23.1 Å². The third kappa shape index (κ3) is 6.39. The topological polar surface area (TPSA) is 133 Å². The standard InChI is InChI=1S/C27H27ClN4O5S/c1-17-13-19(14-18(2)25(17)28)37-12-6-9-22-21-8-3-4-10-23(21)31-26(22)27(34)30-16-24(33)32-38(35,36)20-7-5-11-29-15-20/h3-5,7-8,10-11,13-15H,6,9,12,16H2,1-2H3,(H3-,30,31,32,33,34,35,36)/p+1. The molecule has 2 aromatic carbocycles. The van der Waals surface area contributed by atoms with Gasteiger partial charge in [-0.25, -0.2) is 0 Å². The fourth-order valence-electron chi connectivity index (χ4n) is 4.09. The Labute approximate surface area is 226 Å². The zero-order chi connectivity index (χ0) is 27.3. The molecule has 4 N–H and O–H groups in total. The molecule has 0 spiro atoms. The summed E-state index contributed by atoms with van der Waals surface area (Å²) in [6.45, 7) is 3.81. The van der Waals surface area contributed by atoms with E-state index in [9.17, 15) is 18.4 Å². The number of fused-ring (bicyclic) bond motifs is 1. The molecule has 38 heavy (non-hydrogen) atoms. The van der Waals surface area contributed by atoms with Crippen LogP contribution < -0.4 is 14.8 Å². The minimum absolute atomic E-state index is 0.0382. The Bertz CT molecular complexity index is 1500. The Kier molecular flexibility index (Phi) is 8.45. The molecule has 0 saturated carbocycles. The number of benzene rings is 2. The van der Waals surface area contributed by atoms with E-state index in [1.165, 1.54) is 24.5 Å². The maximum Gasteiger partial charge on any atom is 0.350 e. The molecule has 9 nitrogen and oxygen atoms in total. The largest absolute Gasteiger partial charge is 0.494 e. The summed E-state index contributed by atoms with van der Waals surface area (Å²) in [5.41, 5.74) is 3.80. The molecule has 4 rings (SSSR count). The zero-order valence-electron chi connectivity index (χ0n) is 20.9. The second-order valence-corrected chi connectivity index (χ2v) is 10.9. The molecule has 1 atom stereocenters. The van der Waals surface area contributed by atoms with Crippen molar-refractivity contribution in [1.29, 1.82) is 0 Å². The molecule has 0 saturated heterocycles. The summed E-state index contributed by atoms with van der Waals surface area (Å²) in [7, 11) is -3.84. The van der Waals surface area contributed by atoms with Crippen LogP contribution in [-0.4, -0.2) is 39.5 Å². The number of carbonyl (C=O) groups is 2. The fraction of sp³-hybridized carbons (Fsp3) is 0.222. The number of rotatable bonds is 10. The quantitative estimate of drug-likeness (QED) is 0.166. The Balaban J connectivity index is 1.40. The van der Waals surface area contributed by atoms with Crippen LogP contribution in [0, 0.1) is 13.8 Å². The predicted molar refractivity (Wildman–Crippen MR) is 147 cm³/mol. The number of nitrogens with one attached hydrogen (secondary N) is 3. The van der Waals surface area contributed by atoms with Gasteiger partial charge in [-0.1, -0.05) is 29.8 Å². The van der Waals surface area contributed by atoms with Gasteiger partial charge in [0.05, 0.1) is 12.8 Å². The number of para-hydroxylation sites is 1. The van der Waals surface area contributed by atoms with Crippen LogP contribution >= 0.6 is 11.6 Å². The molecule has 2 aromatic heterocycles. The van der Waals surface area contributed by atoms with Crippen LogP contribution in [-0.2, 0) is 25.8 Å². The van der Waals surface area contributed by atoms with Gasteiger partial charge in [0.2, 0.25) is 4.90 Å². The average molecular weight is 556 g/mol. The normalized spacial score (nSPS) is 12.6. The van der Waals surface area contributed by atoms with Crippen molar-refractivity contribution in [2.75, 3.05) is 13.2 Å². The third-order valence-corrected chi connectivity index (χ3v) is 7.89. The highest BCUT2D eigenvalue weighted by molar-refractivity contribution is 7.96. The zero-order valence-corrected chi connectivity index (χ0v) is 22.5. The van der Waals surface area contributed by atoms with Gasteiger partial charge in [0.15, 0.2) is 0 Å². The number of aromatic amines is 1. The molecule has 0 aliphatic heterocycles. The maximum atomic E-state index is 13.0. The van der Waals surface area contributed by atoms with Crippen LogP contribution in [0.15, 0.2) is 65.8 Å². The molecular weight excluding hydrogens is 528 g/mol. The fourth-order valence-corrected chi connectivity index (χ4v) is 5.17. The van der Waals surface area contributed by atoms with Gasteiger partial charge in [-0.05, 0) is 71.9 Å². The van der Waals surface area contributed by atoms with Crippen molar-refractivity contribution in [2.45, 2.75) is 31.6 Å². The highest BCUT2D eigenvalue weighted by atomic mass is 35.5. The van der Waals surface area contributed by atoms with Gasteiger partial charge in [0, 0.05) is 28.2 Å². The van der Waals surface area contributed by atoms with Crippen LogP contribution in [0.2, 0.25) is 5.02 Å². The Morgan fingerprint density at radius 3 is 2.58 bits per heavy atom.